The Labute approximate surface area is 101 Å². The fraction of sp³-hybridized carbons (Fsp3) is 0.818. The van der Waals surface area contributed by atoms with Crippen LogP contribution in [0.5, 0.6) is 0 Å². The highest BCUT2D eigenvalue weighted by Crippen LogP contribution is 2.08. The van der Waals surface area contributed by atoms with Crippen LogP contribution in [-0.2, 0) is 9.53 Å². The first-order valence-corrected chi connectivity index (χ1v) is 5.91. The third kappa shape index (κ3) is 3.89. The summed E-state index contributed by atoms with van der Waals surface area (Å²) in [4.78, 5) is 24.1. The van der Waals surface area contributed by atoms with Crippen LogP contribution < -0.4 is 5.32 Å². The van der Waals surface area contributed by atoms with Crippen LogP contribution in [0.3, 0.4) is 0 Å². The Hall–Kier alpha value is -1.30. The SMILES string of the molecule is CCC(C)CNC(=O)N1CCOCC1C(=O)O. The van der Waals surface area contributed by atoms with Crippen LogP contribution in [0.25, 0.3) is 0 Å². The largest absolute Gasteiger partial charge is 0.480 e. The van der Waals surface area contributed by atoms with Crippen molar-refractivity contribution in [2.24, 2.45) is 5.92 Å². The monoisotopic (exact) mass is 244 g/mol. The van der Waals surface area contributed by atoms with Crippen molar-refractivity contribution in [2.45, 2.75) is 26.3 Å². The molecule has 1 saturated heterocycles. The maximum absolute atomic E-state index is 11.8. The number of aliphatic carboxylic acids is 1. The van der Waals surface area contributed by atoms with Crippen LogP contribution in [0.15, 0.2) is 0 Å². The van der Waals surface area contributed by atoms with E-state index < -0.39 is 12.0 Å². The molecule has 0 aromatic carbocycles. The minimum absolute atomic E-state index is 0.0616. The predicted molar refractivity (Wildman–Crippen MR) is 61.8 cm³/mol. The number of nitrogens with one attached hydrogen (secondary N) is 1. The van der Waals surface area contributed by atoms with Gasteiger partial charge in [0.05, 0.1) is 13.2 Å². The highest BCUT2D eigenvalue weighted by Gasteiger charge is 2.32. The van der Waals surface area contributed by atoms with Gasteiger partial charge < -0.3 is 20.1 Å². The van der Waals surface area contributed by atoms with Crippen LogP contribution in [0, 0.1) is 5.92 Å². The molecule has 6 nitrogen and oxygen atoms in total. The molecule has 2 atom stereocenters. The van der Waals surface area contributed by atoms with E-state index in [4.69, 9.17) is 9.84 Å². The number of hydrogen-bond acceptors (Lipinski definition) is 3. The zero-order valence-corrected chi connectivity index (χ0v) is 10.3. The van der Waals surface area contributed by atoms with Crippen molar-refractivity contribution in [1.82, 2.24) is 10.2 Å². The first kappa shape index (κ1) is 13.8. The normalized spacial score (nSPS) is 22.0. The number of urea groups is 1. The molecule has 0 aromatic rings. The molecule has 1 heterocycles. The first-order chi connectivity index (χ1) is 8.06. The maximum atomic E-state index is 11.8. The second-order valence-electron chi connectivity index (χ2n) is 4.32. The number of rotatable bonds is 4. The molecule has 17 heavy (non-hydrogen) atoms. The van der Waals surface area contributed by atoms with Crippen molar-refractivity contribution in [2.75, 3.05) is 26.3 Å². The number of carboxylic acids is 1. The molecule has 0 aliphatic carbocycles. The van der Waals surface area contributed by atoms with Gasteiger partial charge in [0.15, 0.2) is 6.04 Å². The van der Waals surface area contributed by atoms with E-state index in [1.807, 2.05) is 13.8 Å². The number of hydrogen-bond donors (Lipinski definition) is 2. The summed E-state index contributed by atoms with van der Waals surface area (Å²) in [6, 6.07) is -1.19. The summed E-state index contributed by atoms with van der Waals surface area (Å²) in [6.07, 6.45) is 0.978. The molecule has 2 amide bonds. The third-order valence-corrected chi connectivity index (χ3v) is 2.97. The van der Waals surface area contributed by atoms with Crippen molar-refractivity contribution >= 4 is 12.0 Å². The van der Waals surface area contributed by atoms with Crippen molar-refractivity contribution in [3.63, 3.8) is 0 Å². The van der Waals surface area contributed by atoms with Gasteiger partial charge in [0.25, 0.3) is 0 Å². The van der Waals surface area contributed by atoms with Gasteiger partial charge in [-0.25, -0.2) is 9.59 Å². The molecule has 1 rings (SSSR count). The van der Waals surface area contributed by atoms with Gasteiger partial charge in [0.1, 0.15) is 0 Å². The van der Waals surface area contributed by atoms with Gasteiger partial charge in [-0.05, 0) is 5.92 Å². The summed E-state index contributed by atoms with van der Waals surface area (Å²) in [5, 5.41) is 11.7. The van der Waals surface area contributed by atoms with Gasteiger partial charge >= 0.3 is 12.0 Å². The number of carbonyl (C=O) groups excluding carboxylic acids is 1. The van der Waals surface area contributed by atoms with E-state index >= 15 is 0 Å². The Morgan fingerprint density at radius 1 is 1.59 bits per heavy atom. The highest BCUT2D eigenvalue weighted by atomic mass is 16.5. The van der Waals surface area contributed by atoms with Crippen LogP contribution in [-0.4, -0.2) is 54.4 Å². The molecule has 1 fully saturated rings. The van der Waals surface area contributed by atoms with Gasteiger partial charge in [-0.1, -0.05) is 20.3 Å². The molecule has 98 valence electrons. The summed E-state index contributed by atoms with van der Waals surface area (Å²) < 4.78 is 5.07. The predicted octanol–water partition coefficient (Wildman–Crippen LogP) is 0.527. The number of carbonyl (C=O) groups is 2. The van der Waals surface area contributed by atoms with Crippen LogP contribution >= 0.6 is 0 Å². The molecule has 1 aliphatic rings. The fourth-order valence-electron chi connectivity index (χ4n) is 1.56. The van der Waals surface area contributed by atoms with Crippen molar-refractivity contribution in [1.29, 1.82) is 0 Å². The Kier molecular flexibility index (Phi) is 5.21. The van der Waals surface area contributed by atoms with Crippen LogP contribution in [0.1, 0.15) is 20.3 Å². The molecule has 0 radical (unpaired) electrons. The number of ether oxygens (including phenoxy) is 1. The molecule has 6 heteroatoms. The average molecular weight is 244 g/mol. The smallest absolute Gasteiger partial charge is 0.328 e. The van der Waals surface area contributed by atoms with E-state index in [0.29, 0.717) is 25.6 Å². The van der Waals surface area contributed by atoms with Crippen LogP contribution in [0.4, 0.5) is 4.79 Å². The van der Waals surface area contributed by atoms with E-state index in [0.717, 1.165) is 6.42 Å². The Morgan fingerprint density at radius 3 is 2.88 bits per heavy atom. The lowest BCUT2D eigenvalue weighted by Crippen LogP contribution is -2.56. The second-order valence-corrected chi connectivity index (χ2v) is 4.32. The lowest BCUT2D eigenvalue weighted by atomic mass is 10.1. The van der Waals surface area contributed by atoms with E-state index in [2.05, 4.69) is 5.32 Å². The molecule has 2 unspecified atom stereocenters. The first-order valence-electron chi connectivity index (χ1n) is 5.91. The zero-order valence-electron chi connectivity index (χ0n) is 10.3. The standard InChI is InChI=1S/C11H20N2O4/c1-3-8(2)6-12-11(16)13-4-5-17-7-9(13)10(14)15/h8-9H,3-7H2,1-2H3,(H,12,16)(H,14,15). The van der Waals surface area contributed by atoms with E-state index in [-0.39, 0.29) is 12.6 Å². The maximum Gasteiger partial charge on any atom is 0.328 e. The molecule has 0 aromatic heterocycles. The summed E-state index contributed by atoms with van der Waals surface area (Å²) in [5.41, 5.74) is 0. The minimum atomic E-state index is -1.02. The quantitative estimate of drug-likeness (QED) is 0.756. The van der Waals surface area contributed by atoms with Gasteiger partial charge in [-0.15, -0.1) is 0 Å². The Balaban J connectivity index is 2.50. The molecular formula is C11H20N2O4. The zero-order chi connectivity index (χ0) is 12.8. The molecule has 0 bridgehead atoms. The third-order valence-electron chi connectivity index (χ3n) is 2.97. The Morgan fingerprint density at radius 2 is 2.29 bits per heavy atom. The van der Waals surface area contributed by atoms with Crippen molar-refractivity contribution in [3.8, 4) is 0 Å². The molecule has 0 saturated carbocycles. The van der Waals surface area contributed by atoms with Gasteiger partial charge in [-0.3, -0.25) is 0 Å². The molecule has 2 N–H and O–H groups in total. The van der Waals surface area contributed by atoms with Gasteiger partial charge in [-0.2, -0.15) is 0 Å². The van der Waals surface area contributed by atoms with E-state index in [1.165, 1.54) is 4.90 Å². The van der Waals surface area contributed by atoms with E-state index in [9.17, 15) is 9.59 Å². The van der Waals surface area contributed by atoms with Crippen molar-refractivity contribution < 1.29 is 19.4 Å². The summed E-state index contributed by atoms with van der Waals surface area (Å²) >= 11 is 0. The second kappa shape index (κ2) is 6.44. The number of amides is 2. The summed E-state index contributed by atoms with van der Waals surface area (Å²) in [7, 11) is 0. The number of nitrogens with zero attached hydrogens (tertiary/aromatic N) is 1. The number of morpholine rings is 1. The summed E-state index contributed by atoms with van der Waals surface area (Å²) in [5.74, 6) is -0.633. The van der Waals surface area contributed by atoms with Crippen LogP contribution in [0.2, 0.25) is 0 Å². The lowest BCUT2D eigenvalue weighted by Gasteiger charge is -2.33. The molecule has 1 aliphatic heterocycles. The molecule has 0 spiro atoms. The number of carboxylic acid groups (broad SMARTS) is 1. The van der Waals surface area contributed by atoms with E-state index in [1.54, 1.807) is 0 Å². The van der Waals surface area contributed by atoms with Crippen molar-refractivity contribution in [3.05, 3.63) is 0 Å². The average Bonchev–Trinajstić information content (AvgIpc) is 2.35. The topological polar surface area (TPSA) is 78.9 Å². The Bertz CT molecular complexity index is 283. The van der Waals surface area contributed by atoms with Gasteiger partial charge in [0.2, 0.25) is 0 Å². The van der Waals surface area contributed by atoms with Gasteiger partial charge in [0, 0.05) is 13.1 Å². The summed E-state index contributed by atoms with van der Waals surface area (Å²) in [6.45, 7) is 5.43. The lowest BCUT2D eigenvalue weighted by molar-refractivity contribution is -0.147. The highest BCUT2D eigenvalue weighted by molar-refractivity contribution is 5.82. The molecular weight excluding hydrogens is 224 g/mol. The minimum Gasteiger partial charge on any atom is -0.480 e. The fourth-order valence-corrected chi connectivity index (χ4v) is 1.56.